The fourth-order valence-electron chi connectivity index (χ4n) is 1.20. The van der Waals surface area contributed by atoms with E-state index in [0.717, 1.165) is 24.9 Å². The lowest BCUT2D eigenvalue weighted by atomic mass is 10.3. The molecule has 0 bridgehead atoms. The van der Waals surface area contributed by atoms with Crippen LogP contribution in [0.5, 0.6) is 11.5 Å². The molecule has 0 amide bonds. The number of ether oxygens (including phenoxy) is 1. The third-order valence-corrected chi connectivity index (χ3v) is 3.75. The minimum Gasteiger partial charge on any atom is -0.455 e. The second kappa shape index (κ2) is 5.34. The average Bonchev–Trinajstić information content (AvgIpc) is 2.27. The molecular formula is C12H7Br3O. The van der Waals surface area contributed by atoms with Gasteiger partial charge in [0, 0.05) is 4.47 Å². The summed E-state index contributed by atoms with van der Waals surface area (Å²) in [6.07, 6.45) is 0. The van der Waals surface area contributed by atoms with E-state index < -0.39 is 0 Å². The van der Waals surface area contributed by atoms with Gasteiger partial charge in [0.2, 0.25) is 0 Å². The molecule has 0 fully saturated rings. The summed E-state index contributed by atoms with van der Waals surface area (Å²) in [5, 5.41) is 0. The van der Waals surface area contributed by atoms with Gasteiger partial charge in [-0.2, -0.15) is 0 Å². The highest BCUT2D eigenvalue weighted by Gasteiger charge is 2.05. The molecule has 2 rings (SSSR count). The topological polar surface area (TPSA) is 9.23 Å². The van der Waals surface area contributed by atoms with E-state index in [4.69, 9.17) is 4.74 Å². The Morgan fingerprint density at radius 1 is 0.750 bits per heavy atom. The average molecular weight is 407 g/mol. The van der Waals surface area contributed by atoms with Crippen molar-refractivity contribution in [1.82, 2.24) is 0 Å². The number of hydrogen-bond acceptors (Lipinski definition) is 1. The SMILES string of the molecule is Brc1ccc(Br)c(Oc2ccccc2Br)c1. The molecular weight excluding hydrogens is 400 g/mol. The summed E-state index contributed by atoms with van der Waals surface area (Å²) in [4.78, 5) is 0. The molecule has 0 aliphatic heterocycles. The Morgan fingerprint density at radius 3 is 2.19 bits per heavy atom. The van der Waals surface area contributed by atoms with E-state index in [0.29, 0.717) is 0 Å². The van der Waals surface area contributed by atoms with Crippen molar-refractivity contribution >= 4 is 47.8 Å². The quantitative estimate of drug-likeness (QED) is 0.615. The van der Waals surface area contributed by atoms with Crippen molar-refractivity contribution in [2.24, 2.45) is 0 Å². The first-order valence-electron chi connectivity index (χ1n) is 4.54. The summed E-state index contributed by atoms with van der Waals surface area (Å²) in [6.45, 7) is 0. The standard InChI is InChI=1S/C12H7Br3O/c13-8-5-6-10(15)12(7-8)16-11-4-2-1-3-9(11)14/h1-7H. The van der Waals surface area contributed by atoms with Crippen molar-refractivity contribution in [1.29, 1.82) is 0 Å². The normalized spacial score (nSPS) is 10.2. The van der Waals surface area contributed by atoms with Gasteiger partial charge in [0.1, 0.15) is 11.5 Å². The summed E-state index contributed by atoms with van der Waals surface area (Å²) < 4.78 is 8.64. The second-order valence-electron chi connectivity index (χ2n) is 3.11. The minimum atomic E-state index is 0.779. The van der Waals surface area contributed by atoms with Crippen LogP contribution in [0.3, 0.4) is 0 Å². The number of benzene rings is 2. The van der Waals surface area contributed by atoms with E-state index in [1.54, 1.807) is 0 Å². The van der Waals surface area contributed by atoms with Crippen LogP contribution in [0.4, 0.5) is 0 Å². The zero-order valence-electron chi connectivity index (χ0n) is 8.08. The summed E-state index contributed by atoms with van der Waals surface area (Å²) in [5.41, 5.74) is 0. The molecule has 0 aliphatic carbocycles. The summed E-state index contributed by atoms with van der Waals surface area (Å²) >= 11 is 10.3. The fourth-order valence-corrected chi connectivity index (χ4v) is 2.23. The van der Waals surface area contributed by atoms with Crippen LogP contribution in [-0.4, -0.2) is 0 Å². The fraction of sp³-hybridized carbons (Fsp3) is 0. The van der Waals surface area contributed by atoms with Crippen molar-refractivity contribution in [3.8, 4) is 11.5 Å². The van der Waals surface area contributed by atoms with E-state index in [2.05, 4.69) is 47.8 Å². The highest BCUT2D eigenvalue weighted by atomic mass is 79.9. The molecule has 0 heterocycles. The summed E-state index contributed by atoms with van der Waals surface area (Å²) in [5.74, 6) is 1.57. The maximum absolute atomic E-state index is 5.80. The van der Waals surface area contributed by atoms with Crippen molar-refractivity contribution in [2.75, 3.05) is 0 Å². The van der Waals surface area contributed by atoms with Crippen LogP contribution in [0.15, 0.2) is 55.9 Å². The third kappa shape index (κ3) is 2.87. The maximum Gasteiger partial charge on any atom is 0.142 e. The van der Waals surface area contributed by atoms with Gasteiger partial charge in [-0.3, -0.25) is 0 Å². The Bertz CT molecular complexity index is 511. The first-order chi connectivity index (χ1) is 7.66. The molecule has 4 heteroatoms. The lowest BCUT2D eigenvalue weighted by Crippen LogP contribution is -1.86. The van der Waals surface area contributed by atoms with Gasteiger partial charge in [0.15, 0.2) is 0 Å². The summed E-state index contributed by atoms with van der Waals surface area (Å²) in [6, 6.07) is 13.6. The van der Waals surface area contributed by atoms with Crippen LogP contribution in [0, 0.1) is 0 Å². The molecule has 1 nitrogen and oxygen atoms in total. The van der Waals surface area contributed by atoms with Gasteiger partial charge < -0.3 is 4.74 Å². The van der Waals surface area contributed by atoms with Gasteiger partial charge in [0.05, 0.1) is 8.95 Å². The Hall–Kier alpha value is -0.320. The van der Waals surface area contributed by atoms with Crippen molar-refractivity contribution in [3.63, 3.8) is 0 Å². The number of para-hydroxylation sites is 1. The predicted molar refractivity (Wildman–Crippen MR) is 76.1 cm³/mol. The lowest BCUT2D eigenvalue weighted by Gasteiger charge is -2.09. The molecule has 0 unspecified atom stereocenters. The van der Waals surface area contributed by atoms with Gasteiger partial charge >= 0.3 is 0 Å². The van der Waals surface area contributed by atoms with E-state index in [-0.39, 0.29) is 0 Å². The molecule has 82 valence electrons. The van der Waals surface area contributed by atoms with Gasteiger partial charge in [-0.25, -0.2) is 0 Å². The molecule has 0 saturated carbocycles. The van der Waals surface area contributed by atoms with E-state index >= 15 is 0 Å². The van der Waals surface area contributed by atoms with Crippen molar-refractivity contribution in [2.45, 2.75) is 0 Å². The smallest absolute Gasteiger partial charge is 0.142 e. The highest BCUT2D eigenvalue weighted by Crippen LogP contribution is 2.35. The lowest BCUT2D eigenvalue weighted by molar-refractivity contribution is 0.476. The van der Waals surface area contributed by atoms with E-state index in [1.807, 2.05) is 42.5 Å². The van der Waals surface area contributed by atoms with Gasteiger partial charge in [0.25, 0.3) is 0 Å². The minimum absolute atomic E-state index is 0.779. The first-order valence-corrected chi connectivity index (χ1v) is 6.92. The molecule has 0 aliphatic rings. The van der Waals surface area contributed by atoms with Gasteiger partial charge in [-0.1, -0.05) is 28.1 Å². The molecule has 0 aromatic heterocycles. The van der Waals surface area contributed by atoms with Crippen LogP contribution in [0.1, 0.15) is 0 Å². The highest BCUT2D eigenvalue weighted by molar-refractivity contribution is 9.11. The van der Waals surface area contributed by atoms with Crippen molar-refractivity contribution in [3.05, 3.63) is 55.9 Å². The molecule has 0 spiro atoms. The van der Waals surface area contributed by atoms with Crippen LogP contribution in [0.2, 0.25) is 0 Å². The maximum atomic E-state index is 5.80. The molecule has 16 heavy (non-hydrogen) atoms. The molecule has 0 N–H and O–H groups in total. The van der Waals surface area contributed by atoms with Crippen molar-refractivity contribution < 1.29 is 4.74 Å². The Labute approximate surface area is 119 Å². The summed E-state index contributed by atoms with van der Waals surface area (Å²) in [7, 11) is 0. The monoisotopic (exact) mass is 404 g/mol. The predicted octanol–water partition coefficient (Wildman–Crippen LogP) is 5.77. The molecule has 2 aromatic rings. The second-order valence-corrected chi connectivity index (χ2v) is 5.73. The van der Waals surface area contributed by atoms with Crippen LogP contribution < -0.4 is 4.74 Å². The van der Waals surface area contributed by atoms with E-state index in [9.17, 15) is 0 Å². The van der Waals surface area contributed by atoms with E-state index in [1.165, 1.54) is 0 Å². The molecule has 0 radical (unpaired) electrons. The Kier molecular flexibility index (Phi) is 4.05. The number of rotatable bonds is 2. The molecule has 0 saturated heterocycles. The number of hydrogen-bond donors (Lipinski definition) is 0. The zero-order chi connectivity index (χ0) is 11.5. The molecule has 2 aromatic carbocycles. The van der Waals surface area contributed by atoms with Gasteiger partial charge in [-0.15, -0.1) is 0 Å². The van der Waals surface area contributed by atoms with Gasteiger partial charge in [-0.05, 0) is 62.2 Å². The Balaban J connectivity index is 2.34. The third-order valence-electron chi connectivity index (χ3n) is 1.95. The Morgan fingerprint density at radius 2 is 1.44 bits per heavy atom. The zero-order valence-corrected chi connectivity index (χ0v) is 12.8. The largest absolute Gasteiger partial charge is 0.455 e. The number of halogens is 3. The van der Waals surface area contributed by atoms with Crippen LogP contribution >= 0.6 is 47.8 Å². The van der Waals surface area contributed by atoms with Crippen LogP contribution in [0.25, 0.3) is 0 Å². The first kappa shape index (κ1) is 12.1. The van der Waals surface area contributed by atoms with Crippen LogP contribution in [-0.2, 0) is 0 Å². The molecule has 0 atom stereocenters.